The van der Waals surface area contributed by atoms with Gasteiger partial charge in [0, 0.05) is 18.7 Å². The van der Waals surface area contributed by atoms with Crippen LogP contribution in [0.1, 0.15) is 28.8 Å². The van der Waals surface area contributed by atoms with Crippen LogP contribution in [0.2, 0.25) is 0 Å². The van der Waals surface area contributed by atoms with Gasteiger partial charge in [-0.05, 0) is 42.3 Å². The Morgan fingerprint density at radius 3 is 2.45 bits per heavy atom. The normalized spacial score (nSPS) is 15.0. The number of thiocarbonyl (C=S) groups is 1. The van der Waals surface area contributed by atoms with Crippen molar-refractivity contribution in [3.8, 4) is 0 Å². The molecule has 2 N–H and O–H groups in total. The third-order valence-electron chi connectivity index (χ3n) is 4.17. The standard InChI is InChI=1S/C21H18N2O4S2/c24-18(22-16-10-8-15(9-11-16)20(26)27)7-4-12-23-19(25)17(29-21(23)28)13-14-5-2-1-3-6-14/h1-3,5-6,8-11,13H,4,7,12H2,(H,22,24)(H,26,27)/b17-13-. The number of anilines is 1. The SMILES string of the molecule is O=C(CCCN1C(=O)/C(=C/c2ccccc2)SC1=S)Nc1ccc(C(=O)O)cc1. The van der Waals surface area contributed by atoms with Crippen molar-refractivity contribution in [1.82, 2.24) is 4.90 Å². The summed E-state index contributed by atoms with van der Waals surface area (Å²) in [5.41, 5.74) is 1.61. The lowest BCUT2D eigenvalue weighted by Crippen LogP contribution is -2.29. The number of carbonyl (C=O) groups excluding carboxylic acids is 2. The van der Waals surface area contributed by atoms with E-state index in [1.54, 1.807) is 0 Å². The molecular weight excluding hydrogens is 408 g/mol. The van der Waals surface area contributed by atoms with E-state index in [1.165, 1.54) is 40.9 Å². The van der Waals surface area contributed by atoms with Crippen LogP contribution in [0, 0.1) is 0 Å². The number of aromatic carboxylic acids is 1. The van der Waals surface area contributed by atoms with Gasteiger partial charge in [-0.15, -0.1) is 0 Å². The van der Waals surface area contributed by atoms with Crippen LogP contribution in [0.5, 0.6) is 0 Å². The number of benzene rings is 2. The zero-order valence-electron chi connectivity index (χ0n) is 15.3. The molecule has 0 spiro atoms. The average Bonchev–Trinajstić information content (AvgIpc) is 2.96. The molecule has 1 saturated heterocycles. The van der Waals surface area contributed by atoms with Gasteiger partial charge in [0.1, 0.15) is 4.32 Å². The third kappa shape index (κ3) is 5.52. The second-order valence-electron chi connectivity index (χ2n) is 6.28. The molecule has 2 aromatic rings. The highest BCUT2D eigenvalue weighted by atomic mass is 32.2. The van der Waals surface area contributed by atoms with Crippen LogP contribution in [-0.4, -0.2) is 38.7 Å². The lowest BCUT2D eigenvalue weighted by molar-refractivity contribution is -0.122. The molecule has 29 heavy (non-hydrogen) atoms. The van der Waals surface area contributed by atoms with E-state index in [2.05, 4.69) is 5.32 Å². The van der Waals surface area contributed by atoms with E-state index in [1.807, 2.05) is 36.4 Å². The summed E-state index contributed by atoms with van der Waals surface area (Å²) in [6.45, 7) is 0.363. The quantitative estimate of drug-likeness (QED) is 0.514. The molecule has 8 heteroatoms. The van der Waals surface area contributed by atoms with Crippen molar-refractivity contribution in [2.45, 2.75) is 12.8 Å². The first kappa shape index (κ1) is 20.8. The van der Waals surface area contributed by atoms with E-state index >= 15 is 0 Å². The number of carbonyl (C=O) groups is 3. The molecule has 1 fully saturated rings. The van der Waals surface area contributed by atoms with Gasteiger partial charge in [-0.2, -0.15) is 0 Å². The van der Waals surface area contributed by atoms with Crippen LogP contribution >= 0.6 is 24.0 Å². The van der Waals surface area contributed by atoms with Crippen LogP contribution in [0.3, 0.4) is 0 Å². The van der Waals surface area contributed by atoms with Gasteiger partial charge >= 0.3 is 5.97 Å². The second-order valence-corrected chi connectivity index (χ2v) is 7.95. The molecule has 0 radical (unpaired) electrons. The van der Waals surface area contributed by atoms with Crippen molar-refractivity contribution in [3.63, 3.8) is 0 Å². The first-order valence-electron chi connectivity index (χ1n) is 8.87. The molecule has 0 atom stereocenters. The number of carboxylic acids is 1. The van der Waals surface area contributed by atoms with Gasteiger partial charge in [0.05, 0.1) is 10.5 Å². The molecular formula is C21H18N2O4S2. The van der Waals surface area contributed by atoms with Crippen molar-refractivity contribution in [2.24, 2.45) is 0 Å². The van der Waals surface area contributed by atoms with Crippen molar-refractivity contribution < 1.29 is 19.5 Å². The Balaban J connectivity index is 1.50. The maximum absolute atomic E-state index is 12.6. The summed E-state index contributed by atoms with van der Waals surface area (Å²) in [5, 5.41) is 11.6. The minimum absolute atomic E-state index is 0.145. The van der Waals surface area contributed by atoms with Gasteiger partial charge in [-0.1, -0.05) is 54.3 Å². The first-order chi connectivity index (χ1) is 13.9. The molecule has 0 unspecified atom stereocenters. The summed E-state index contributed by atoms with van der Waals surface area (Å²) in [7, 11) is 0. The van der Waals surface area contributed by atoms with E-state index in [4.69, 9.17) is 17.3 Å². The molecule has 0 aromatic heterocycles. The predicted molar refractivity (Wildman–Crippen MR) is 118 cm³/mol. The Bertz CT molecular complexity index is 972. The van der Waals surface area contributed by atoms with E-state index in [0.29, 0.717) is 27.9 Å². The molecule has 0 aliphatic carbocycles. The van der Waals surface area contributed by atoms with Crippen LogP contribution in [0.15, 0.2) is 59.5 Å². The first-order valence-corrected chi connectivity index (χ1v) is 10.1. The summed E-state index contributed by atoms with van der Waals surface area (Å²) in [6, 6.07) is 15.5. The van der Waals surface area contributed by atoms with Crippen molar-refractivity contribution >= 4 is 57.8 Å². The minimum atomic E-state index is -1.02. The second kappa shape index (κ2) is 9.49. The summed E-state index contributed by atoms with van der Waals surface area (Å²) < 4.78 is 0.488. The highest BCUT2D eigenvalue weighted by molar-refractivity contribution is 8.26. The maximum Gasteiger partial charge on any atom is 0.335 e. The zero-order valence-corrected chi connectivity index (χ0v) is 17.0. The molecule has 148 valence electrons. The van der Waals surface area contributed by atoms with E-state index in [0.717, 1.165) is 5.56 Å². The highest BCUT2D eigenvalue weighted by Crippen LogP contribution is 2.32. The zero-order chi connectivity index (χ0) is 20.8. The van der Waals surface area contributed by atoms with Crippen molar-refractivity contribution in [3.05, 3.63) is 70.6 Å². The van der Waals surface area contributed by atoms with Crippen molar-refractivity contribution in [1.29, 1.82) is 0 Å². The molecule has 3 rings (SSSR count). The number of hydrogen-bond donors (Lipinski definition) is 2. The molecule has 1 aliphatic heterocycles. The molecule has 1 aliphatic rings. The number of rotatable bonds is 7. The topological polar surface area (TPSA) is 86.7 Å². The van der Waals surface area contributed by atoms with Crippen LogP contribution in [-0.2, 0) is 9.59 Å². The van der Waals surface area contributed by atoms with Crippen LogP contribution in [0.4, 0.5) is 5.69 Å². The lowest BCUT2D eigenvalue weighted by atomic mass is 10.2. The molecule has 6 nitrogen and oxygen atoms in total. The molecule has 2 amide bonds. The van der Waals surface area contributed by atoms with E-state index in [-0.39, 0.29) is 23.8 Å². The average molecular weight is 427 g/mol. The van der Waals surface area contributed by atoms with Gasteiger partial charge in [-0.25, -0.2) is 4.79 Å². The highest BCUT2D eigenvalue weighted by Gasteiger charge is 2.31. The van der Waals surface area contributed by atoms with Crippen LogP contribution in [0.25, 0.3) is 6.08 Å². The summed E-state index contributed by atoms with van der Waals surface area (Å²) >= 11 is 6.57. The number of nitrogens with zero attached hydrogens (tertiary/aromatic N) is 1. The number of carboxylic acid groups (broad SMARTS) is 1. The number of nitrogens with one attached hydrogen (secondary N) is 1. The van der Waals surface area contributed by atoms with E-state index in [9.17, 15) is 14.4 Å². The summed E-state index contributed by atoms with van der Waals surface area (Å²) in [4.78, 5) is 37.6. The van der Waals surface area contributed by atoms with Crippen LogP contribution < -0.4 is 5.32 Å². The van der Waals surface area contributed by atoms with Gasteiger partial charge < -0.3 is 10.4 Å². The fraction of sp³-hybridized carbons (Fsp3) is 0.143. The molecule has 2 aromatic carbocycles. The summed E-state index contributed by atoms with van der Waals surface area (Å²) in [5.74, 6) is -1.38. The smallest absolute Gasteiger partial charge is 0.335 e. The Kier molecular flexibility index (Phi) is 6.79. The Morgan fingerprint density at radius 2 is 1.79 bits per heavy atom. The molecule has 1 heterocycles. The maximum atomic E-state index is 12.6. The number of thioether (sulfide) groups is 1. The Labute approximate surface area is 177 Å². The fourth-order valence-corrected chi connectivity index (χ4v) is 4.02. The van der Waals surface area contributed by atoms with Gasteiger partial charge in [0.15, 0.2) is 0 Å². The number of hydrogen-bond acceptors (Lipinski definition) is 5. The molecule has 0 saturated carbocycles. The number of amides is 2. The summed E-state index contributed by atoms with van der Waals surface area (Å²) in [6.07, 6.45) is 2.49. The third-order valence-corrected chi connectivity index (χ3v) is 5.55. The minimum Gasteiger partial charge on any atom is -0.478 e. The lowest BCUT2D eigenvalue weighted by Gasteiger charge is -2.14. The predicted octanol–water partition coefficient (Wildman–Crippen LogP) is 4.00. The van der Waals surface area contributed by atoms with Gasteiger partial charge in [0.2, 0.25) is 5.91 Å². The van der Waals surface area contributed by atoms with Gasteiger partial charge in [0.25, 0.3) is 5.91 Å². The largest absolute Gasteiger partial charge is 0.478 e. The Morgan fingerprint density at radius 1 is 1.10 bits per heavy atom. The Hall–Kier alpha value is -2.97. The van der Waals surface area contributed by atoms with E-state index < -0.39 is 5.97 Å². The molecule has 0 bridgehead atoms. The van der Waals surface area contributed by atoms with Gasteiger partial charge in [-0.3, -0.25) is 14.5 Å². The monoisotopic (exact) mass is 426 g/mol. The fourth-order valence-electron chi connectivity index (χ4n) is 2.71. The van der Waals surface area contributed by atoms with Crippen molar-refractivity contribution in [2.75, 3.05) is 11.9 Å².